The Morgan fingerprint density at radius 2 is 2.11 bits per heavy atom. The molecule has 0 unspecified atom stereocenters. The minimum absolute atomic E-state index is 1.33. The second-order valence-corrected chi connectivity index (χ2v) is 0.843. The molecular formula is C2H4N4O3. The highest BCUT2D eigenvalue weighted by atomic mass is 16.6. The summed E-state index contributed by atoms with van der Waals surface area (Å²) in [6.07, 6.45) is -0.500. The molecule has 50 valence electrons. The van der Waals surface area contributed by atoms with Crippen LogP contribution in [-0.2, 0) is 0 Å². The molecule has 7 heteroatoms. The van der Waals surface area contributed by atoms with E-state index in [9.17, 15) is 0 Å². The maximum absolute atomic E-state index is 8.56. The lowest BCUT2D eigenvalue weighted by Crippen LogP contribution is -1.81. The first-order valence-corrected chi connectivity index (χ1v) is 1.81. The third-order valence-electron chi connectivity index (χ3n) is 0.270. The number of carboxylic acid groups (broad SMARTS) is 2. The number of carbonyl (C=O) groups is 1. The molecule has 0 aliphatic heterocycles. The maximum atomic E-state index is 8.56. The average molecular weight is 132 g/mol. The van der Waals surface area contributed by atoms with E-state index in [1.807, 2.05) is 0 Å². The van der Waals surface area contributed by atoms with E-state index in [0.29, 0.717) is 0 Å². The molecule has 0 aromatic carbocycles. The largest absolute Gasteiger partial charge is 0.503 e. The average Bonchev–Trinajstić information content (AvgIpc) is 2.11. The van der Waals surface area contributed by atoms with Crippen LogP contribution >= 0.6 is 0 Å². The summed E-state index contributed by atoms with van der Waals surface area (Å²) in [6.45, 7) is 0. The minimum Gasteiger partial charge on any atom is -0.450 e. The summed E-state index contributed by atoms with van der Waals surface area (Å²) in [4.78, 5) is 8.56. The van der Waals surface area contributed by atoms with E-state index in [1.165, 1.54) is 6.33 Å². The Balaban J connectivity index is 0.000000148. The second kappa shape index (κ2) is 4.50. The molecule has 1 aromatic heterocycles. The molecule has 1 rings (SSSR count). The molecule has 1 aromatic rings. The standard InChI is InChI=1S/CH2N4.CH2O3/c1-2-4-5-3-1;2-1(3)4/h1H,(H,2,3,4,5);(H2,2,3,4). The van der Waals surface area contributed by atoms with E-state index < -0.39 is 6.16 Å². The van der Waals surface area contributed by atoms with Crippen LogP contribution in [-0.4, -0.2) is 37.0 Å². The van der Waals surface area contributed by atoms with Gasteiger partial charge < -0.3 is 10.2 Å². The van der Waals surface area contributed by atoms with Crippen molar-refractivity contribution in [1.82, 2.24) is 20.6 Å². The van der Waals surface area contributed by atoms with Gasteiger partial charge in [-0.25, -0.2) is 4.79 Å². The van der Waals surface area contributed by atoms with Crippen molar-refractivity contribution in [3.63, 3.8) is 0 Å². The van der Waals surface area contributed by atoms with Crippen LogP contribution in [0.15, 0.2) is 6.33 Å². The molecule has 0 amide bonds. The first kappa shape index (κ1) is 7.34. The van der Waals surface area contributed by atoms with Crippen LogP contribution in [0.5, 0.6) is 0 Å². The van der Waals surface area contributed by atoms with Crippen molar-refractivity contribution in [2.24, 2.45) is 0 Å². The molecule has 3 N–H and O–H groups in total. The van der Waals surface area contributed by atoms with Crippen LogP contribution in [0, 0.1) is 0 Å². The third kappa shape index (κ3) is 10.7. The lowest BCUT2D eigenvalue weighted by atomic mass is 11.4. The predicted molar refractivity (Wildman–Crippen MR) is 24.8 cm³/mol. The van der Waals surface area contributed by atoms with E-state index in [2.05, 4.69) is 20.6 Å². The van der Waals surface area contributed by atoms with Crippen LogP contribution < -0.4 is 0 Å². The van der Waals surface area contributed by atoms with Gasteiger partial charge >= 0.3 is 6.16 Å². The van der Waals surface area contributed by atoms with Gasteiger partial charge in [0.2, 0.25) is 0 Å². The number of H-pyrrole nitrogens is 1. The van der Waals surface area contributed by atoms with Crippen molar-refractivity contribution in [2.45, 2.75) is 0 Å². The van der Waals surface area contributed by atoms with Crippen LogP contribution in [0.25, 0.3) is 0 Å². The van der Waals surface area contributed by atoms with Crippen LogP contribution in [0.4, 0.5) is 4.79 Å². The Labute approximate surface area is 49.3 Å². The summed E-state index contributed by atoms with van der Waals surface area (Å²) < 4.78 is 0. The number of nitrogens with one attached hydrogen (secondary N) is 1. The van der Waals surface area contributed by atoms with E-state index in [-0.39, 0.29) is 0 Å². The van der Waals surface area contributed by atoms with Gasteiger partial charge in [0, 0.05) is 0 Å². The zero-order valence-electron chi connectivity index (χ0n) is 4.22. The van der Waals surface area contributed by atoms with Gasteiger partial charge in [-0.15, -0.1) is 10.2 Å². The van der Waals surface area contributed by atoms with Gasteiger partial charge in [0.05, 0.1) is 0 Å². The van der Waals surface area contributed by atoms with Crippen LogP contribution in [0.1, 0.15) is 0 Å². The zero-order valence-corrected chi connectivity index (χ0v) is 4.22. The molecule has 0 fully saturated rings. The number of hydrogen-bond acceptors (Lipinski definition) is 4. The minimum atomic E-state index is -1.83. The monoisotopic (exact) mass is 132 g/mol. The second-order valence-electron chi connectivity index (χ2n) is 0.843. The molecule has 7 nitrogen and oxygen atoms in total. The molecule has 1 heterocycles. The maximum Gasteiger partial charge on any atom is 0.503 e. The lowest BCUT2D eigenvalue weighted by Gasteiger charge is -1.60. The number of tetrazole rings is 1. The van der Waals surface area contributed by atoms with Gasteiger partial charge in [0.15, 0.2) is 6.33 Å². The fourth-order valence-electron chi connectivity index (χ4n) is 0.129. The summed E-state index contributed by atoms with van der Waals surface area (Å²) >= 11 is 0. The Bertz CT molecular complexity index is 128. The summed E-state index contributed by atoms with van der Waals surface area (Å²) in [5.41, 5.74) is 0. The Kier molecular flexibility index (Phi) is 3.67. The van der Waals surface area contributed by atoms with Gasteiger partial charge in [-0.2, -0.15) is 5.21 Å². The molecule has 0 spiro atoms. The number of rotatable bonds is 0. The van der Waals surface area contributed by atoms with Gasteiger partial charge in [0.1, 0.15) is 0 Å². The highest BCUT2D eigenvalue weighted by Crippen LogP contribution is 1.44. The van der Waals surface area contributed by atoms with Crippen molar-refractivity contribution in [3.8, 4) is 0 Å². The molecule has 0 saturated carbocycles. The van der Waals surface area contributed by atoms with Crippen molar-refractivity contribution in [3.05, 3.63) is 6.33 Å². The topological polar surface area (TPSA) is 112 Å². The van der Waals surface area contributed by atoms with E-state index in [1.54, 1.807) is 0 Å². The molecule has 0 bridgehead atoms. The molecule has 0 atom stereocenters. The number of aromatic nitrogens is 4. The van der Waals surface area contributed by atoms with Gasteiger partial charge in [-0.1, -0.05) is 5.21 Å². The normalized spacial score (nSPS) is 7.11. The Hall–Kier alpha value is -1.66. The number of nitrogens with zero attached hydrogens (tertiary/aromatic N) is 3. The highest BCUT2D eigenvalue weighted by molar-refractivity contribution is 5.53. The smallest absolute Gasteiger partial charge is 0.450 e. The zero-order chi connectivity index (χ0) is 7.11. The molecular weight excluding hydrogens is 128 g/mol. The van der Waals surface area contributed by atoms with E-state index in [0.717, 1.165) is 0 Å². The summed E-state index contributed by atoms with van der Waals surface area (Å²) in [5, 5.41) is 26.1. The Morgan fingerprint density at radius 1 is 1.56 bits per heavy atom. The quantitative estimate of drug-likeness (QED) is 0.435. The third-order valence-corrected chi connectivity index (χ3v) is 0.270. The summed E-state index contributed by atoms with van der Waals surface area (Å²) in [5.74, 6) is 0. The van der Waals surface area contributed by atoms with Gasteiger partial charge in [0.25, 0.3) is 0 Å². The number of aromatic amines is 1. The van der Waals surface area contributed by atoms with E-state index in [4.69, 9.17) is 15.0 Å². The van der Waals surface area contributed by atoms with E-state index >= 15 is 0 Å². The van der Waals surface area contributed by atoms with Gasteiger partial charge in [-0.05, 0) is 0 Å². The van der Waals surface area contributed by atoms with Gasteiger partial charge in [-0.3, -0.25) is 0 Å². The molecule has 0 aliphatic rings. The van der Waals surface area contributed by atoms with Crippen LogP contribution in [0.2, 0.25) is 0 Å². The molecule has 0 radical (unpaired) electrons. The molecule has 9 heavy (non-hydrogen) atoms. The lowest BCUT2D eigenvalue weighted by molar-refractivity contribution is 0.137. The highest BCUT2D eigenvalue weighted by Gasteiger charge is 1.70. The summed E-state index contributed by atoms with van der Waals surface area (Å²) in [7, 11) is 0. The van der Waals surface area contributed by atoms with Crippen molar-refractivity contribution in [2.75, 3.05) is 0 Å². The first-order valence-electron chi connectivity index (χ1n) is 1.81. The molecule has 0 aliphatic carbocycles. The Morgan fingerprint density at radius 3 is 2.22 bits per heavy atom. The number of hydrogen-bond donors (Lipinski definition) is 3. The fraction of sp³-hybridized carbons (Fsp3) is 0. The first-order chi connectivity index (χ1) is 4.23. The predicted octanol–water partition coefficient (Wildman–Crippen LogP) is -0.578. The SMILES string of the molecule is O=C(O)O.c1nn[nH]n1. The van der Waals surface area contributed by atoms with Crippen molar-refractivity contribution < 1.29 is 15.0 Å². The van der Waals surface area contributed by atoms with Crippen LogP contribution in [0.3, 0.4) is 0 Å². The van der Waals surface area contributed by atoms with Crippen molar-refractivity contribution >= 4 is 6.16 Å². The van der Waals surface area contributed by atoms with Crippen molar-refractivity contribution in [1.29, 1.82) is 0 Å². The fourth-order valence-corrected chi connectivity index (χ4v) is 0.129. The summed E-state index contributed by atoms with van der Waals surface area (Å²) in [6, 6.07) is 0. The molecule has 0 saturated heterocycles.